The van der Waals surface area contributed by atoms with Gasteiger partial charge in [0.05, 0.1) is 0 Å². The van der Waals surface area contributed by atoms with E-state index in [0.29, 0.717) is 0 Å². The fourth-order valence-electron chi connectivity index (χ4n) is 4.17. The summed E-state index contributed by atoms with van der Waals surface area (Å²) >= 11 is 0. The summed E-state index contributed by atoms with van der Waals surface area (Å²) in [6, 6.07) is 20.7. The zero-order valence-electron chi connectivity index (χ0n) is 15.2. The van der Waals surface area contributed by atoms with Crippen molar-refractivity contribution in [3.05, 3.63) is 82.4 Å². The minimum atomic E-state index is 0.0611. The third-order valence-electron chi connectivity index (χ3n) is 5.39. The lowest BCUT2D eigenvalue weighted by Crippen LogP contribution is -2.15. The molecule has 24 heavy (non-hydrogen) atoms. The van der Waals surface area contributed by atoms with Gasteiger partial charge in [0.1, 0.15) is 0 Å². The topological polar surface area (TPSA) is 0 Å². The highest BCUT2D eigenvalue weighted by molar-refractivity contribution is 5.83. The van der Waals surface area contributed by atoms with Gasteiger partial charge in [-0.15, -0.1) is 0 Å². The molecule has 0 heteroatoms. The van der Waals surface area contributed by atoms with Crippen LogP contribution in [0.1, 0.15) is 41.7 Å². The Balaban J connectivity index is 1.92. The van der Waals surface area contributed by atoms with E-state index in [2.05, 4.69) is 89.2 Å². The van der Waals surface area contributed by atoms with Crippen molar-refractivity contribution in [1.82, 2.24) is 0 Å². The van der Waals surface area contributed by atoms with Gasteiger partial charge in [0, 0.05) is 5.41 Å². The number of aryl methyl sites for hydroxylation is 3. The second-order valence-corrected chi connectivity index (χ2v) is 7.81. The van der Waals surface area contributed by atoms with Crippen LogP contribution in [0.5, 0.6) is 0 Å². The van der Waals surface area contributed by atoms with Crippen LogP contribution in [0.2, 0.25) is 0 Å². The number of hydrogen-bond donors (Lipinski definition) is 0. The van der Waals surface area contributed by atoms with Gasteiger partial charge in [-0.2, -0.15) is 0 Å². The number of rotatable bonds is 1. The SMILES string of the molecule is Cc1cc(C)cc(-c2ccc3c(c2)C(C)(C)c2cc(C)ccc2-3)c1. The molecule has 1 aliphatic rings. The quantitative estimate of drug-likeness (QED) is 0.476. The first-order valence-electron chi connectivity index (χ1n) is 8.71. The summed E-state index contributed by atoms with van der Waals surface area (Å²) in [7, 11) is 0. The first-order valence-corrected chi connectivity index (χ1v) is 8.71. The molecule has 0 bridgehead atoms. The van der Waals surface area contributed by atoms with Crippen LogP contribution in [0.4, 0.5) is 0 Å². The molecule has 0 aromatic heterocycles. The minimum absolute atomic E-state index is 0.0611. The van der Waals surface area contributed by atoms with Crippen molar-refractivity contribution < 1.29 is 0 Å². The fourth-order valence-corrected chi connectivity index (χ4v) is 4.17. The van der Waals surface area contributed by atoms with E-state index in [1.54, 1.807) is 0 Å². The Labute approximate surface area is 145 Å². The minimum Gasteiger partial charge on any atom is -0.0587 e. The van der Waals surface area contributed by atoms with E-state index in [0.717, 1.165) is 0 Å². The van der Waals surface area contributed by atoms with Crippen LogP contribution in [0.25, 0.3) is 22.3 Å². The molecule has 4 rings (SSSR count). The molecule has 0 saturated carbocycles. The Morgan fingerprint density at radius 3 is 1.79 bits per heavy atom. The molecule has 0 spiro atoms. The summed E-state index contributed by atoms with van der Waals surface area (Å²) < 4.78 is 0. The summed E-state index contributed by atoms with van der Waals surface area (Å²) in [4.78, 5) is 0. The van der Waals surface area contributed by atoms with Crippen molar-refractivity contribution in [2.45, 2.75) is 40.0 Å². The summed E-state index contributed by atoms with van der Waals surface area (Å²) in [5.41, 5.74) is 12.4. The van der Waals surface area contributed by atoms with Crippen molar-refractivity contribution >= 4 is 0 Å². The summed E-state index contributed by atoms with van der Waals surface area (Å²) in [5, 5.41) is 0. The van der Waals surface area contributed by atoms with Gasteiger partial charge in [0.2, 0.25) is 0 Å². The summed E-state index contributed by atoms with van der Waals surface area (Å²) in [6.07, 6.45) is 0. The zero-order valence-corrected chi connectivity index (χ0v) is 15.2. The largest absolute Gasteiger partial charge is 0.0587 e. The highest BCUT2D eigenvalue weighted by atomic mass is 14.4. The third-order valence-corrected chi connectivity index (χ3v) is 5.39. The van der Waals surface area contributed by atoms with E-state index in [9.17, 15) is 0 Å². The maximum Gasteiger partial charge on any atom is 0.0159 e. The van der Waals surface area contributed by atoms with E-state index in [1.807, 2.05) is 0 Å². The summed E-state index contributed by atoms with van der Waals surface area (Å²) in [5.74, 6) is 0. The van der Waals surface area contributed by atoms with Gasteiger partial charge >= 0.3 is 0 Å². The lowest BCUT2D eigenvalue weighted by atomic mass is 9.81. The standard InChI is InChI=1S/C24H24/c1-15-6-8-20-21-9-7-18(19-11-16(2)10-17(3)12-19)14-23(21)24(4,5)22(20)13-15/h6-14H,1-5H3. The van der Waals surface area contributed by atoms with E-state index in [4.69, 9.17) is 0 Å². The van der Waals surface area contributed by atoms with Crippen LogP contribution >= 0.6 is 0 Å². The number of fused-ring (bicyclic) bond motifs is 3. The van der Waals surface area contributed by atoms with Crippen molar-refractivity contribution in [3.63, 3.8) is 0 Å². The lowest BCUT2D eigenvalue weighted by molar-refractivity contribution is 0.660. The van der Waals surface area contributed by atoms with Crippen molar-refractivity contribution in [1.29, 1.82) is 0 Å². The van der Waals surface area contributed by atoms with E-state index in [-0.39, 0.29) is 5.41 Å². The molecule has 0 fully saturated rings. The molecule has 0 unspecified atom stereocenters. The van der Waals surface area contributed by atoms with Crippen molar-refractivity contribution in [2.24, 2.45) is 0 Å². The Morgan fingerprint density at radius 2 is 1.12 bits per heavy atom. The van der Waals surface area contributed by atoms with Gasteiger partial charge in [0.25, 0.3) is 0 Å². The molecular formula is C24H24. The molecule has 120 valence electrons. The fraction of sp³-hybridized carbons (Fsp3) is 0.250. The molecule has 0 N–H and O–H groups in total. The normalized spacial score (nSPS) is 14.4. The lowest BCUT2D eigenvalue weighted by Gasteiger charge is -2.22. The van der Waals surface area contributed by atoms with Crippen LogP contribution in [0.3, 0.4) is 0 Å². The predicted octanol–water partition coefficient (Wildman–Crippen LogP) is 6.59. The first kappa shape index (κ1) is 15.2. The van der Waals surface area contributed by atoms with Gasteiger partial charge in [-0.1, -0.05) is 79.1 Å². The smallest absolute Gasteiger partial charge is 0.0159 e. The molecule has 0 aliphatic heterocycles. The molecular weight excluding hydrogens is 288 g/mol. The van der Waals surface area contributed by atoms with Gasteiger partial charge < -0.3 is 0 Å². The first-order chi connectivity index (χ1) is 11.4. The van der Waals surface area contributed by atoms with Gasteiger partial charge in [-0.3, -0.25) is 0 Å². The highest BCUT2D eigenvalue weighted by Crippen LogP contribution is 2.49. The molecule has 1 aliphatic carbocycles. The van der Waals surface area contributed by atoms with Crippen molar-refractivity contribution in [3.8, 4) is 22.3 Å². The monoisotopic (exact) mass is 312 g/mol. The third kappa shape index (κ3) is 2.21. The molecule has 0 nitrogen and oxygen atoms in total. The van der Waals surface area contributed by atoms with Gasteiger partial charge in [0.15, 0.2) is 0 Å². The Morgan fingerprint density at radius 1 is 0.542 bits per heavy atom. The highest BCUT2D eigenvalue weighted by Gasteiger charge is 2.35. The maximum absolute atomic E-state index is 2.40. The van der Waals surface area contributed by atoms with Gasteiger partial charge in [-0.25, -0.2) is 0 Å². The molecule has 0 amide bonds. The molecule has 0 radical (unpaired) electrons. The molecule has 0 saturated heterocycles. The van der Waals surface area contributed by atoms with Crippen LogP contribution in [0.15, 0.2) is 54.6 Å². The van der Waals surface area contributed by atoms with Crippen LogP contribution in [0, 0.1) is 20.8 Å². The molecule has 0 atom stereocenters. The molecule has 3 aromatic carbocycles. The van der Waals surface area contributed by atoms with Crippen LogP contribution in [-0.2, 0) is 5.41 Å². The predicted molar refractivity (Wildman–Crippen MR) is 104 cm³/mol. The maximum atomic E-state index is 2.40. The van der Waals surface area contributed by atoms with E-state index >= 15 is 0 Å². The average Bonchev–Trinajstić information content (AvgIpc) is 2.74. The summed E-state index contributed by atoms with van der Waals surface area (Å²) in [6.45, 7) is 11.2. The second-order valence-electron chi connectivity index (χ2n) is 7.81. The van der Waals surface area contributed by atoms with E-state index < -0.39 is 0 Å². The van der Waals surface area contributed by atoms with Gasteiger partial charge in [-0.05, 0) is 60.2 Å². The van der Waals surface area contributed by atoms with Crippen LogP contribution in [-0.4, -0.2) is 0 Å². The Hall–Kier alpha value is -2.34. The number of hydrogen-bond acceptors (Lipinski definition) is 0. The molecule has 3 aromatic rings. The molecule has 0 heterocycles. The van der Waals surface area contributed by atoms with Crippen LogP contribution < -0.4 is 0 Å². The average molecular weight is 312 g/mol. The Bertz CT molecular complexity index is 938. The second kappa shape index (κ2) is 5.08. The Kier molecular flexibility index (Phi) is 3.22. The van der Waals surface area contributed by atoms with Crippen molar-refractivity contribution in [2.75, 3.05) is 0 Å². The van der Waals surface area contributed by atoms with E-state index in [1.165, 1.54) is 50.1 Å². The number of benzene rings is 3. The zero-order chi connectivity index (χ0) is 17.1.